The van der Waals surface area contributed by atoms with Crippen LogP contribution < -0.4 is 0 Å². The molecule has 0 heteroatoms. The molecule has 0 amide bonds. The second-order valence-corrected chi connectivity index (χ2v) is 3.06. The monoisotopic (exact) mass is 162 g/mol. The number of rotatable bonds is 3. The van der Waals surface area contributed by atoms with Gasteiger partial charge in [0.15, 0.2) is 0 Å². The lowest BCUT2D eigenvalue weighted by Gasteiger charge is -2.04. The lowest BCUT2D eigenvalue weighted by atomic mass is 10.0. The SMILES string of the molecule is C=C=C(C)C(C)C=C(C)C=CC. The van der Waals surface area contributed by atoms with Crippen LogP contribution in [0.2, 0.25) is 0 Å². The Bertz CT molecular complexity index is 235. The molecule has 0 N–H and O–H groups in total. The molecule has 0 aliphatic rings. The molecule has 0 radical (unpaired) electrons. The van der Waals surface area contributed by atoms with Gasteiger partial charge in [-0.1, -0.05) is 37.3 Å². The van der Waals surface area contributed by atoms with Crippen LogP contribution in [-0.2, 0) is 0 Å². The number of hydrogen-bond acceptors (Lipinski definition) is 0. The molecule has 0 aliphatic heterocycles. The summed E-state index contributed by atoms with van der Waals surface area (Å²) in [6.45, 7) is 12.0. The van der Waals surface area contributed by atoms with Gasteiger partial charge in [-0.2, -0.15) is 0 Å². The van der Waals surface area contributed by atoms with Crippen LogP contribution >= 0.6 is 0 Å². The molecule has 0 saturated heterocycles. The maximum Gasteiger partial charge on any atom is 0.00271 e. The molecule has 66 valence electrons. The van der Waals surface area contributed by atoms with E-state index in [1.807, 2.05) is 13.0 Å². The van der Waals surface area contributed by atoms with Crippen molar-refractivity contribution in [1.29, 1.82) is 0 Å². The van der Waals surface area contributed by atoms with E-state index in [4.69, 9.17) is 0 Å². The lowest BCUT2D eigenvalue weighted by Crippen LogP contribution is -1.90. The molecule has 1 unspecified atom stereocenters. The summed E-state index contributed by atoms with van der Waals surface area (Å²) < 4.78 is 0. The standard InChI is InChI=1S/C12H18/c1-6-8-10(3)9-12(5)11(4)7-2/h6,8-9,12H,2H2,1,3-5H3. The molecule has 0 saturated carbocycles. The summed E-state index contributed by atoms with van der Waals surface area (Å²) in [5.41, 5.74) is 5.39. The van der Waals surface area contributed by atoms with Crippen molar-refractivity contribution in [1.82, 2.24) is 0 Å². The molecule has 0 fully saturated rings. The smallest absolute Gasteiger partial charge is 0.00271 e. The molecule has 0 rings (SSSR count). The van der Waals surface area contributed by atoms with Gasteiger partial charge in [-0.15, -0.1) is 5.73 Å². The van der Waals surface area contributed by atoms with E-state index in [1.165, 1.54) is 11.1 Å². The average Bonchev–Trinajstić information content (AvgIpc) is 2.03. The summed E-state index contributed by atoms with van der Waals surface area (Å²) in [7, 11) is 0. The van der Waals surface area contributed by atoms with Gasteiger partial charge in [-0.25, -0.2) is 0 Å². The number of hydrogen-bond donors (Lipinski definition) is 0. The first-order valence-electron chi connectivity index (χ1n) is 4.29. The molecule has 0 bridgehead atoms. The largest absolute Gasteiger partial charge is 0.129 e. The highest BCUT2D eigenvalue weighted by molar-refractivity contribution is 5.20. The Hall–Kier alpha value is -1.00. The van der Waals surface area contributed by atoms with Crippen LogP contribution in [0.1, 0.15) is 27.7 Å². The second kappa shape index (κ2) is 5.62. The fourth-order valence-electron chi connectivity index (χ4n) is 0.999. The summed E-state index contributed by atoms with van der Waals surface area (Å²) in [4.78, 5) is 0. The van der Waals surface area contributed by atoms with Crippen LogP contribution in [0.5, 0.6) is 0 Å². The van der Waals surface area contributed by atoms with Gasteiger partial charge >= 0.3 is 0 Å². The lowest BCUT2D eigenvalue weighted by molar-refractivity contribution is 0.859. The van der Waals surface area contributed by atoms with Gasteiger partial charge in [-0.05, 0) is 26.3 Å². The summed E-state index contributed by atoms with van der Waals surface area (Å²) >= 11 is 0. The van der Waals surface area contributed by atoms with Crippen molar-refractivity contribution in [2.45, 2.75) is 27.7 Å². The predicted molar refractivity (Wildman–Crippen MR) is 56.1 cm³/mol. The van der Waals surface area contributed by atoms with Crippen LogP contribution in [0.15, 0.2) is 41.7 Å². The van der Waals surface area contributed by atoms with Gasteiger partial charge in [0.05, 0.1) is 0 Å². The van der Waals surface area contributed by atoms with E-state index in [1.54, 1.807) is 0 Å². The van der Waals surface area contributed by atoms with E-state index in [9.17, 15) is 0 Å². The van der Waals surface area contributed by atoms with Gasteiger partial charge in [0, 0.05) is 5.92 Å². The third-order valence-electron chi connectivity index (χ3n) is 1.90. The Labute approximate surface area is 76.0 Å². The van der Waals surface area contributed by atoms with Crippen molar-refractivity contribution < 1.29 is 0 Å². The van der Waals surface area contributed by atoms with E-state index < -0.39 is 0 Å². The summed E-state index contributed by atoms with van der Waals surface area (Å²) in [6, 6.07) is 0. The van der Waals surface area contributed by atoms with Crippen LogP contribution in [0.3, 0.4) is 0 Å². The molecule has 0 heterocycles. The first-order valence-corrected chi connectivity index (χ1v) is 4.29. The van der Waals surface area contributed by atoms with E-state index in [-0.39, 0.29) is 0 Å². The van der Waals surface area contributed by atoms with Gasteiger partial charge in [0.1, 0.15) is 0 Å². The zero-order chi connectivity index (χ0) is 9.56. The fraction of sp³-hybridized carbons (Fsp3) is 0.417. The second-order valence-electron chi connectivity index (χ2n) is 3.06. The van der Waals surface area contributed by atoms with Crippen molar-refractivity contribution in [2.75, 3.05) is 0 Å². The van der Waals surface area contributed by atoms with E-state index in [0.717, 1.165) is 0 Å². The Morgan fingerprint density at radius 3 is 2.42 bits per heavy atom. The maximum absolute atomic E-state index is 3.63. The van der Waals surface area contributed by atoms with Crippen molar-refractivity contribution in [2.24, 2.45) is 5.92 Å². The van der Waals surface area contributed by atoms with E-state index >= 15 is 0 Å². The third kappa shape index (κ3) is 4.00. The minimum atomic E-state index is 0.443. The van der Waals surface area contributed by atoms with Gasteiger partial charge < -0.3 is 0 Å². The molecular formula is C12H18. The van der Waals surface area contributed by atoms with Crippen LogP contribution in [0, 0.1) is 5.92 Å². The van der Waals surface area contributed by atoms with Crippen molar-refractivity contribution in [3.63, 3.8) is 0 Å². The van der Waals surface area contributed by atoms with Gasteiger partial charge in [0.2, 0.25) is 0 Å². The average molecular weight is 162 g/mol. The van der Waals surface area contributed by atoms with Crippen LogP contribution in [-0.4, -0.2) is 0 Å². The first kappa shape index (κ1) is 11.0. The summed E-state index contributed by atoms with van der Waals surface area (Å²) in [5.74, 6) is 0.443. The first-order chi connectivity index (χ1) is 5.61. The fourth-order valence-corrected chi connectivity index (χ4v) is 0.999. The molecule has 0 aromatic heterocycles. The van der Waals surface area contributed by atoms with Gasteiger partial charge in [-0.3, -0.25) is 0 Å². The highest BCUT2D eigenvalue weighted by atomic mass is 14.0. The van der Waals surface area contributed by atoms with E-state index in [2.05, 4.69) is 45.2 Å². The molecule has 0 aliphatic carbocycles. The minimum absolute atomic E-state index is 0.443. The Morgan fingerprint density at radius 2 is 2.00 bits per heavy atom. The summed E-state index contributed by atoms with van der Waals surface area (Å²) in [6.07, 6.45) is 6.37. The zero-order valence-electron chi connectivity index (χ0n) is 8.52. The van der Waals surface area contributed by atoms with Crippen LogP contribution in [0.25, 0.3) is 0 Å². The Balaban J connectivity index is 4.43. The zero-order valence-corrected chi connectivity index (χ0v) is 8.52. The Morgan fingerprint density at radius 1 is 1.42 bits per heavy atom. The highest BCUT2D eigenvalue weighted by Crippen LogP contribution is 2.12. The molecular weight excluding hydrogens is 144 g/mol. The Kier molecular flexibility index (Phi) is 5.16. The minimum Gasteiger partial charge on any atom is -0.129 e. The predicted octanol–water partition coefficient (Wildman–Crippen LogP) is 3.88. The maximum atomic E-state index is 3.63. The van der Waals surface area contributed by atoms with E-state index in [0.29, 0.717) is 5.92 Å². The van der Waals surface area contributed by atoms with Crippen LogP contribution in [0.4, 0.5) is 0 Å². The van der Waals surface area contributed by atoms with Crippen molar-refractivity contribution >= 4 is 0 Å². The molecule has 12 heavy (non-hydrogen) atoms. The highest BCUT2D eigenvalue weighted by Gasteiger charge is 1.98. The number of allylic oxidation sites excluding steroid dienone is 5. The quantitative estimate of drug-likeness (QED) is 0.436. The molecule has 1 atom stereocenters. The van der Waals surface area contributed by atoms with Crippen molar-refractivity contribution in [3.8, 4) is 0 Å². The van der Waals surface area contributed by atoms with Crippen molar-refractivity contribution in [3.05, 3.63) is 41.7 Å². The molecule has 0 aromatic carbocycles. The van der Waals surface area contributed by atoms with Gasteiger partial charge in [0.25, 0.3) is 0 Å². The molecule has 0 spiro atoms. The molecule has 0 nitrogen and oxygen atoms in total. The third-order valence-corrected chi connectivity index (χ3v) is 1.90. The topological polar surface area (TPSA) is 0 Å². The summed E-state index contributed by atoms with van der Waals surface area (Å²) in [5, 5.41) is 0. The normalized spacial score (nSPS) is 14.5. The molecule has 0 aromatic rings.